The quantitative estimate of drug-likeness (QED) is 0.714. The molecule has 0 saturated heterocycles. The summed E-state index contributed by atoms with van der Waals surface area (Å²) < 4.78 is 0. The van der Waals surface area contributed by atoms with Gasteiger partial charge in [0.15, 0.2) is 0 Å². The summed E-state index contributed by atoms with van der Waals surface area (Å²) in [5.74, 6) is -0.923. The van der Waals surface area contributed by atoms with Gasteiger partial charge in [0.2, 0.25) is 0 Å². The van der Waals surface area contributed by atoms with Crippen molar-refractivity contribution < 1.29 is 15.0 Å². The Kier molecular flexibility index (Phi) is 5.41. The maximum Gasteiger partial charge on any atom is 0.337 e. The second kappa shape index (κ2) is 7.29. The Balaban J connectivity index is 2.30. The van der Waals surface area contributed by atoms with Gasteiger partial charge >= 0.3 is 5.97 Å². The molecule has 116 valence electrons. The van der Waals surface area contributed by atoms with Gasteiger partial charge in [-0.05, 0) is 30.2 Å². The molecule has 22 heavy (non-hydrogen) atoms. The lowest BCUT2D eigenvalue weighted by molar-refractivity contribution is 0.0698. The highest BCUT2D eigenvalue weighted by atomic mass is 35.5. The van der Waals surface area contributed by atoms with Gasteiger partial charge in [-0.15, -0.1) is 11.6 Å². The summed E-state index contributed by atoms with van der Waals surface area (Å²) in [5, 5.41) is 21.8. The molecule has 0 saturated carbocycles. The van der Waals surface area contributed by atoms with Crippen molar-refractivity contribution in [2.75, 3.05) is 17.7 Å². The van der Waals surface area contributed by atoms with Crippen LogP contribution in [-0.2, 0) is 0 Å². The molecule has 2 rings (SSSR count). The van der Waals surface area contributed by atoms with Crippen molar-refractivity contribution >= 4 is 23.3 Å². The van der Waals surface area contributed by atoms with E-state index < -0.39 is 12.1 Å². The molecule has 5 heteroatoms. The molecule has 1 atom stereocenters. The zero-order valence-corrected chi connectivity index (χ0v) is 13.0. The molecule has 0 spiro atoms. The van der Waals surface area contributed by atoms with E-state index in [1.807, 2.05) is 37.3 Å². The van der Waals surface area contributed by atoms with E-state index in [2.05, 4.69) is 5.32 Å². The normalized spacial score (nSPS) is 12.0. The van der Waals surface area contributed by atoms with Crippen LogP contribution in [0.2, 0.25) is 0 Å². The fourth-order valence-corrected chi connectivity index (χ4v) is 2.19. The van der Waals surface area contributed by atoms with Gasteiger partial charge in [0.05, 0.1) is 17.5 Å². The number of aryl methyl sites for hydroxylation is 1. The minimum atomic E-state index is -1.02. The van der Waals surface area contributed by atoms with Crippen molar-refractivity contribution in [2.45, 2.75) is 13.0 Å². The molecule has 2 aromatic carbocycles. The Morgan fingerprint density at radius 3 is 2.41 bits per heavy atom. The smallest absolute Gasteiger partial charge is 0.337 e. The highest BCUT2D eigenvalue weighted by Gasteiger charge is 2.13. The van der Waals surface area contributed by atoms with Gasteiger partial charge in [-0.1, -0.05) is 35.9 Å². The molecule has 3 N–H and O–H groups in total. The molecule has 0 aliphatic heterocycles. The van der Waals surface area contributed by atoms with Gasteiger partial charge in [0, 0.05) is 12.2 Å². The fraction of sp³-hybridized carbons (Fsp3) is 0.235. The molecule has 0 amide bonds. The molecule has 0 aromatic heterocycles. The van der Waals surface area contributed by atoms with E-state index in [0.717, 1.165) is 16.7 Å². The third-order valence-corrected chi connectivity index (χ3v) is 3.70. The van der Waals surface area contributed by atoms with Gasteiger partial charge in [0.1, 0.15) is 0 Å². The predicted molar refractivity (Wildman–Crippen MR) is 88.8 cm³/mol. The molecule has 0 radical (unpaired) electrons. The summed E-state index contributed by atoms with van der Waals surface area (Å²) in [6.45, 7) is 2.20. The monoisotopic (exact) mass is 319 g/mol. The van der Waals surface area contributed by atoms with Gasteiger partial charge in [-0.25, -0.2) is 4.79 Å². The third-order valence-electron chi connectivity index (χ3n) is 3.34. The summed E-state index contributed by atoms with van der Waals surface area (Å²) in [6.07, 6.45) is -0.722. The van der Waals surface area contributed by atoms with E-state index in [4.69, 9.17) is 11.6 Å². The minimum absolute atomic E-state index is 0.0941. The van der Waals surface area contributed by atoms with E-state index in [-0.39, 0.29) is 18.0 Å². The molecule has 1 unspecified atom stereocenters. The van der Waals surface area contributed by atoms with Crippen molar-refractivity contribution in [1.29, 1.82) is 0 Å². The number of hydrogen-bond acceptors (Lipinski definition) is 3. The number of anilines is 1. The summed E-state index contributed by atoms with van der Waals surface area (Å²) >= 11 is 5.53. The number of halogens is 1. The molecule has 0 heterocycles. The lowest BCUT2D eigenvalue weighted by atomic mass is 10.0. The first kappa shape index (κ1) is 16.3. The Bertz CT molecular complexity index is 655. The average Bonchev–Trinajstić information content (AvgIpc) is 2.53. The molecular weight excluding hydrogens is 302 g/mol. The summed E-state index contributed by atoms with van der Waals surface area (Å²) in [5.41, 5.74) is 3.57. The Morgan fingerprint density at radius 1 is 1.18 bits per heavy atom. The number of hydrogen-bond donors (Lipinski definition) is 3. The molecule has 0 bridgehead atoms. The van der Waals surface area contributed by atoms with Gasteiger partial charge in [-0.3, -0.25) is 0 Å². The van der Waals surface area contributed by atoms with E-state index >= 15 is 0 Å². The number of rotatable bonds is 6. The number of nitrogens with one attached hydrogen (secondary N) is 1. The number of carbonyl (C=O) groups is 1. The largest absolute Gasteiger partial charge is 0.478 e. The van der Waals surface area contributed by atoms with Gasteiger partial charge < -0.3 is 15.5 Å². The van der Waals surface area contributed by atoms with Crippen LogP contribution in [0.15, 0.2) is 42.5 Å². The Morgan fingerprint density at radius 2 is 1.82 bits per heavy atom. The molecule has 4 nitrogen and oxygen atoms in total. The second-order valence-electron chi connectivity index (χ2n) is 5.12. The summed E-state index contributed by atoms with van der Waals surface area (Å²) in [6, 6.07) is 13.1. The van der Waals surface area contributed by atoms with Crippen LogP contribution in [0.4, 0.5) is 5.69 Å². The number of carboxylic acids is 1. The molecule has 2 aromatic rings. The first-order valence-electron chi connectivity index (χ1n) is 6.93. The SMILES string of the molecule is Cc1ccc(-c2ccc(NCC(O)CCl)c(C(=O)O)c2)cc1. The second-order valence-corrected chi connectivity index (χ2v) is 5.43. The highest BCUT2D eigenvalue weighted by molar-refractivity contribution is 6.18. The number of benzene rings is 2. The van der Waals surface area contributed by atoms with E-state index in [1.54, 1.807) is 12.1 Å². The number of alkyl halides is 1. The van der Waals surface area contributed by atoms with Gasteiger partial charge in [0.25, 0.3) is 0 Å². The van der Waals surface area contributed by atoms with Gasteiger partial charge in [-0.2, -0.15) is 0 Å². The first-order chi connectivity index (χ1) is 10.5. The predicted octanol–water partition coefficient (Wildman–Crippen LogP) is 3.37. The maximum absolute atomic E-state index is 11.4. The lowest BCUT2D eigenvalue weighted by Crippen LogP contribution is -2.21. The first-order valence-corrected chi connectivity index (χ1v) is 7.47. The van der Waals surface area contributed by atoms with Crippen LogP contribution in [0.25, 0.3) is 11.1 Å². The van der Waals surface area contributed by atoms with Crippen LogP contribution in [0.3, 0.4) is 0 Å². The highest BCUT2D eigenvalue weighted by Crippen LogP contribution is 2.26. The van der Waals surface area contributed by atoms with Crippen LogP contribution in [0, 0.1) is 6.92 Å². The number of aliphatic hydroxyl groups excluding tert-OH is 1. The Hall–Kier alpha value is -2.04. The summed E-state index contributed by atoms with van der Waals surface area (Å²) in [7, 11) is 0. The zero-order chi connectivity index (χ0) is 16.1. The third kappa shape index (κ3) is 4.00. The molecule has 0 fully saturated rings. The standard InChI is InChI=1S/C17H18ClNO3/c1-11-2-4-12(5-3-11)13-6-7-16(15(8-13)17(21)22)19-10-14(20)9-18/h2-8,14,19-20H,9-10H2,1H3,(H,21,22). The zero-order valence-electron chi connectivity index (χ0n) is 12.2. The van der Waals surface area contributed by atoms with E-state index in [9.17, 15) is 15.0 Å². The number of aliphatic hydroxyl groups is 1. The van der Waals surface area contributed by atoms with E-state index in [1.165, 1.54) is 0 Å². The van der Waals surface area contributed by atoms with Crippen LogP contribution in [0.5, 0.6) is 0 Å². The molecular formula is C17H18ClNO3. The van der Waals surface area contributed by atoms with Crippen molar-refractivity contribution in [2.24, 2.45) is 0 Å². The topological polar surface area (TPSA) is 69.6 Å². The van der Waals surface area contributed by atoms with Crippen LogP contribution >= 0.6 is 11.6 Å². The fourth-order valence-electron chi connectivity index (χ4n) is 2.08. The lowest BCUT2D eigenvalue weighted by Gasteiger charge is -2.13. The van der Waals surface area contributed by atoms with Crippen molar-refractivity contribution in [3.05, 3.63) is 53.6 Å². The van der Waals surface area contributed by atoms with E-state index in [0.29, 0.717) is 5.69 Å². The van der Waals surface area contributed by atoms with Crippen LogP contribution in [-0.4, -0.2) is 34.7 Å². The number of aromatic carboxylic acids is 1. The van der Waals surface area contributed by atoms with Crippen LogP contribution < -0.4 is 5.32 Å². The summed E-state index contributed by atoms with van der Waals surface area (Å²) in [4.78, 5) is 11.4. The maximum atomic E-state index is 11.4. The van der Waals surface area contributed by atoms with Crippen molar-refractivity contribution in [3.63, 3.8) is 0 Å². The Labute approximate surface area is 134 Å². The van der Waals surface area contributed by atoms with Crippen molar-refractivity contribution in [3.8, 4) is 11.1 Å². The average molecular weight is 320 g/mol. The van der Waals surface area contributed by atoms with Crippen LogP contribution in [0.1, 0.15) is 15.9 Å². The van der Waals surface area contributed by atoms with Crippen molar-refractivity contribution in [1.82, 2.24) is 0 Å². The minimum Gasteiger partial charge on any atom is -0.478 e. The number of carboxylic acid groups (broad SMARTS) is 1. The molecule has 0 aliphatic rings. The molecule has 0 aliphatic carbocycles.